The van der Waals surface area contributed by atoms with E-state index in [1.165, 1.54) is 14.2 Å². The van der Waals surface area contributed by atoms with E-state index in [-0.39, 0.29) is 6.54 Å². The van der Waals surface area contributed by atoms with Gasteiger partial charge in [-0.3, -0.25) is 9.59 Å². The van der Waals surface area contributed by atoms with Gasteiger partial charge < -0.3 is 29.6 Å². The number of benzene rings is 2. The second-order valence-electron chi connectivity index (χ2n) is 6.49. The van der Waals surface area contributed by atoms with Crippen LogP contribution in [0.15, 0.2) is 60.8 Å². The summed E-state index contributed by atoms with van der Waals surface area (Å²) < 4.78 is 21.1. The number of pyridine rings is 1. The van der Waals surface area contributed by atoms with Crippen molar-refractivity contribution in [3.8, 4) is 28.9 Å². The third-order valence-electron chi connectivity index (χ3n) is 4.40. The molecule has 9 nitrogen and oxygen atoms in total. The molecule has 3 aromatic rings. The predicted molar refractivity (Wildman–Crippen MR) is 117 cm³/mol. The Kier molecular flexibility index (Phi) is 7.47. The average Bonchev–Trinajstić information content (AvgIpc) is 2.84. The molecule has 0 radical (unpaired) electrons. The van der Waals surface area contributed by atoms with E-state index in [9.17, 15) is 9.59 Å². The van der Waals surface area contributed by atoms with Crippen molar-refractivity contribution < 1.29 is 28.5 Å². The van der Waals surface area contributed by atoms with E-state index in [4.69, 9.17) is 18.9 Å². The SMILES string of the molecule is COc1ccc(Oc2ccc(CNC(=O)C(=O)Nc3ccc(OC)cc3OC)cn2)cc1. The highest BCUT2D eigenvalue weighted by Gasteiger charge is 2.16. The van der Waals surface area contributed by atoms with Crippen LogP contribution in [0, 0.1) is 0 Å². The lowest BCUT2D eigenvalue weighted by Gasteiger charge is -2.11. The maximum atomic E-state index is 12.2. The van der Waals surface area contributed by atoms with Gasteiger partial charge in [0, 0.05) is 24.9 Å². The lowest BCUT2D eigenvalue weighted by Crippen LogP contribution is -2.35. The van der Waals surface area contributed by atoms with Gasteiger partial charge in [0.05, 0.1) is 27.0 Å². The molecule has 3 rings (SSSR count). The number of hydrogen-bond acceptors (Lipinski definition) is 7. The highest BCUT2D eigenvalue weighted by Crippen LogP contribution is 2.29. The number of ether oxygens (including phenoxy) is 4. The molecule has 0 aliphatic rings. The summed E-state index contributed by atoms with van der Waals surface area (Å²) >= 11 is 0. The first kappa shape index (κ1) is 22.4. The van der Waals surface area contributed by atoms with Crippen molar-refractivity contribution in [2.75, 3.05) is 26.6 Å². The van der Waals surface area contributed by atoms with Crippen molar-refractivity contribution in [1.29, 1.82) is 0 Å². The Bertz CT molecular complexity index is 1070. The number of aromatic nitrogens is 1. The highest BCUT2D eigenvalue weighted by atomic mass is 16.5. The summed E-state index contributed by atoms with van der Waals surface area (Å²) in [6.45, 7) is 0.127. The molecule has 1 aromatic heterocycles. The Balaban J connectivity index is 1.52. The second kappa shape index (κ2) is 10.7. The Morgan fingerprint density at radius 3 is 2.12 bits per heavy atom. The lowest BCUT2D eigenvalue weighted by atomic mass is 10.2. The van der Waals surface area contributed by atoms with Crippen molar-refractivity contribution in [2.45, 2.75) is 6.54 Å². The van der Waals surface area contributed by atoms with E-state index < -0.39 is 11.8 Å². The summed E-state index contributed by atoms with van der Waals surface area (Å²) in [5, 5.41) is 5.07. The summed E-state index contributed by atoms with van der Waals surface area (Å²) in [5.41, 5.74) is 1.06. The Morgan fingerprint density at radius 1 is 0.812 bits per heavy atom. The third kappa shape index (κ3) is 5.88. The van der Waals surface area contributed by atoms with Crippen molar-refractivity contribution in [3.05, 3.63) is 66.4 Å². The molecule has 0 aliphatic carbocycles. The number of anilines is 1. The lowest BCUT2D eigenvalue weighted by molar-refractivity contribution is -0.136. The third-order valence-corrected chi connectivity index (χ3v) is 4.40. The Hall–Kier alpha value is -4.27. The first-order valence-electron chi connectivity index (χ1n) is 9.60. The summed E-state index contributed by atoms with van der Waals surface area (Å²) in [7, 11) is 4.57. The standard InChI is InChI=1S/C23H23N3O6/c1-29-16-5-7-17(8-6-16)32-21-11-4-15(13-24-21)14-25-22(27)23(28)26-19-10-9-18(30-2)12-20(19)31-3/h4-13H,14H2,1-3H3,(H,25,27)(H,26,28). The molecule has 0 unspecified atom stereocenters. The van der Waals surface area contributed by atoms with Crippen molar-refractivity contribution >= 4 is 17.5 Å². The number of hydrogen-bond donors (Lipinski definition) is 2. The molecule has 32 heavy (non-hydrogen) atoms. The maximum absolute atomic E-state index is 12.2. The first-order valence-corrected chi connectivity index (χ1v) is 9.60. The number of amides is 2. The zero-order valence-corrected chi connectivity index (χ0v) is 17.9. The molecular weight excluding hydrogens is 414 g/mol. The molecule has 0 saturated heterocycles. The summed E-state index contributed by atoms with van der Waals surface area (Å²) in [6, 6.07) is 15.4. The number of methoxy groups -OCH3 is 3. The molecule has 166 valence electrons. The van der Waals surface area contributed by atoms with Crippen LogP contribution in [-0.2, 0) is 16.1 Å². The van der Waals surface area contributed by atoms with E-state index in [0.717, 1.165) is 5.75 Å². The maximum Gasteiger partial charge on any atom is 0.313 e. The number of carbonyl (C=O) groups excluding carboxylic acids is 2. The number of nitrogens with zero attached hydrogens (tertiary/aromatic N) is 1. The zero-order chi connectivity index (χ0) is 22.9. The monoisotopic (exact) mass is 437 g/mol. The van der Waals surface area contributed by atoms with Gasteiger partial charge in [-0.15, -0.1) is 0 Å². The molecule has 2 N–H and O–H groups in total. The van der Waals surface area contributed by atoms with Gasteiger partial charge in [0.2, 0.25) is 5.88 Å². The minimum Gasteiger partial charge on any atom is -0.497 e. The number of rotatable bonds is 8. The smallest absolute Gasteiger partial charge is 0.313 e. The van der Waals surface area contributed by atoms with Crippen LogP contribution in [0.2, 0.25) is 0 Å². The van der Waals surface area contributed by atoms with Crippen LogP contribution in [0.5, 0.6) is 28.9 Å². The van der Waals surface area contributed by atoms with Gasteiger partial charge in [0.1, 0.15) is 23.0 Å². The molecule has 0 atom stereocenters. The second-order valence-corrected chi connectivity index (χ2v) is 6.49. The first-order chi connectivity index (χ1) is 15.5. The average molecular weight is 437 g/mol. The minimum absolute atomic E-state index is 0.127. The van der Waals surface area contributed by atoms with Crippen LogP contribution in [0.25, 0.3) is 0 Å². The largest absolute Gasteiger partial charge is 0.497 e. The Labute approximate surface area is 185 Å². The van der Waals surface area contributed by atoms with Gasteiger partial charge in [-0.2, -0.15) is 0 Å². The van der Waals surface area contributed by atoms with Crippen molar-refractivity contribution in [3.63, 3.8) is 0 Å². The van der Waals surface area contributed by atoms with Gasteiger partial charge in [0.25, 0.3) is 0 Å². The molecule has 2 aromatic carbocycles. The zero-order valence-electron chi connectivity index (χ0n) is 17.9. The quantitative estimate of drug-likeness (QED) is 0.521. The fourth-order valence-electron chi connectivity index (χ4n) is 2.68. The van der Waals surface area contributed by atoms with Crippen molar-refractivity contribution in [2.24, 2.45) is 0 Å². The fourth-order valence-corrected chi connectivity index (χ4v) is 2.68. The summed E-state index contributed by atoms with van der Waals surface area (Å²) in [5.74, 6) is 1.08. The van der Waals surface area contributed by atoms with Crippen LogP contribution in [0.1, 0.15) is 5.56 Å². The molecule has 0 bridgehead atoms. The number of nitrogens with one attached hydrogen (secondary N) is 2. The number of carbonyl (C=O) groups is 2. The van der Waals surface area contributed by atoms with Gasteiger partial charge in [0.15, 0.2) is 0 Å². The van der Waals surface area contributed by atoms with Gasteiger partial charge in [-0.1, -0.05) is 6.07 Å². The normalized spacial score (nSPS) is 10.1. The van der Waals surface area contributed by atoms with Crippen LogP contribution < -0.4 is 29.6 Å². The molecule has 0 fully saturated rings. The van der Waals surface area contributed by atoms with E-state index in [0.29, 0.717) is 34.4 Å². The van der Waals surface area contributed by atoms with Crippen LogP contribution in [0.4, 0.5) is 5.69 Å². The molecule has 0 aliphatic heterocycles. The van der Waals surface area contributed by atoms with E-state index in [2.05, 4.69) is 15.6 Å². The summed E-state index contributed by atoms with van der Waals surface area (Å²) in [6.07, 6.45) is 1.56. The molecule has 1 heterocycles. The molecule has 9 heteroatoms. The summed E-state index contributed by atoms with van der Waals surface area (Å²) in [4.78, 5) is 28.6. The minimum atomic E-state index is -0.819. The highest BCUT2D eigenvalue weighted by molar-refractivity contribution is 6.39. The van der Waals surface area contributed by atoms with Gasteiger partial charge >= 0.3 is 11.8 Å². The van der Waals surface area contributed by atoms with E-state index in [1.807, 2.05) is 0 Å². The van der Waals surface area contributed by atoms with Crippen LogP contribution >= 0.6 is 0 Å². The van der Waals surface area contributed by atoms with Crippen molar-refractivity contribution in [1.82, 2.24) is 10.3 Å². The van der Waals surface area contributed by atoms with Crippen LogP contribution in [-0.4, -0.2) is 38.1 Å². The molecule has 0 spiro atoms. The predicted octanol–water partition coefficient (Wildman–Crippen LogP) is 3.15. The molecule has 0 saturated carbocycles. The van der Waals surface area contributed by atoms with E-state index >= 15 is 0 Å². The van der Waals surface area contributed by atoms with Crippen LogP contribution in [0.3, 0.4) is 0 Å². The van der Waals surface area contributed by atoms with E-state index in [1.54, 1.807) is 67.9 Å². The Morgan fingerprint density at radius 2 is 1.50 bits per heavy atom. The van der Waals surface area contributed by atoms with Gasteiger partial charge in [-0.25, -0.2) is 4.98 Å². The molecular formula is C23H23N3O6. The van der Waals surface area contributed by atoms with Gasteiger partial charge in [-0.05, 0) is 42.0 Å². The fraction of sp³-hybridized carbons (Fsp3) is 0.174. The molecule has 2 amide bonds. The topological polar surface area (TPSA) is 108 Å².